The Hall–Kier alpha value is -3.44. The van der Waals surface area contributed by atoms with Crippen molar-refractivity contribution in [2.75, 3.05) is 4.90 Å². The molecule has 0 saturated carbocycles. The molecule has 0 spiro atoms. The summed E-state index contributed by atoms with van der Waals surface area (Å²) in [6.45, 7) is 5.66. The molecule has 0 amide bonds. The zero-order valence-electron chi connectivity index (χ0n) is 16.7. The minimum absolute atomic E-state index is 0.0155. The first-order valence-corrected chi connectivity index (χ1v) is 9.67. The van der Waals surface area contributed by atoms with Crippen LogP contribution in [0.5, 0.6) is 0 Å². The fraction of sp³-hybridized carbons (Fsp3) is 0.333. The number of anilines is 1. The second-order valence-electron chi connectivity index (χ2n) is 8.68. The Morgan fingerprint density at radius 2 is 1.76 bits per heavy atom. The second-order valence-corrected chi connectivity index (χ2v) is 8.68. The molecule has 4 rings (SSSR count). The van der Waals surface area contributed by atoms with Crippen molar-refractivity contribution in [3.05, 3.63) is 66.0 Å². The molecule has 0 radical (unpaired) electrons. The number of nitriles is 2. The van der Waals surface area contributed by atoms with Gasteiger partial charge in [-0.2, -0.15) is 10.5 Å². The molecule has 0 unspecified atom stereocenters. The zero-order chi connectivity index (χ0) is 20.8. The normalized spacial score (nSPS) is 24.2. The lowest BCUT2D eigenvalue weighted by atomic mass is 9.68. The summed E-state index contributed by atoms with van der Waals surface area (Å²) in [6.07, 6.45) is 7.15. The van der Waals surface area contributed by atoms with Gasteiger partial charge in [0.15, 0.2) is 11.2 Å². The van der Waals surface area contributed by atoms with Gasteiger partial charge in [0.1, 0.15) is 0 Å². The average molecular weight is 382 g/mol. The van der Waals surface area contributed by atoms with Crippen LogP contribution in [0.3, 0.4) is 0 Å². The van der Waals surface area contributed by atoms with Crippen LogP contribution in [0.4, 0.5) is 5.69 Å². The number of rotatable bonds is 2. The van der Waals surface area contributed by atoms with Gasteiger partial charge >= 0.3 is 0 Å². The van der Waals surface area contributed by atoms with Gasteiger partial charge < -0.3 is 4.90 Å². The number of aromatic nitrogens is 1. The van der Waals surface area contributed by atoms with Crippen LogP contribution in [0.2, 0.25) is 0 Å². The van der Waals surface area contributed by atoms with Gasteiger partial charge in [-0.15, -0.1) is 0 Å². The first-order chi connectivity index (χ1) is 13.8. The molecule has 2 aliphatic heterocycles. The number of para-hydroxylation sites is 1. The molecule has 1 aromatic heterocycles. The number of hydrogen-bond acceptors (Lipinski definition) is 5. The summed E-state index contributed by atoms with van der Waals surface area (Å²) < 4.78 is 0. The first-order valence-electron chi connectivity index (χ1n) is 9.67. The third-order valence-corrected chi connectivity index (χ3v) is 5.99. The Kier molecular flexibility index (Phi) is 4.28. The largest absolute Gasteiger partial charge is 0.351 e. The lowest BCUT2D eigenvalue weighted by molar-refractivity contribution is -0.127. The Morgan fingerprint density at radius 1 is 1.10 bits per heavy atom. The van der Waals surface area contributed by atoms with E-state index in [0.29, 0.717) is 0 Å². The van der Waals surface area contributed by atoms with Crippen molar-refractivity contribution in [2.45, 2.75) is 38.8 Å². The smallest absolute Gasteiger partial charge is 0.176 e. The van der Waals surface area contributed by atoms with E-state index < -0.39 is 28.8 Å². The molecule has 2 aromatic rings. The summed E-state index contributed by atoms with van der Waals surface area (Å²) >= 11 is 0. The molecule has 29 heavy (non-hydrogen) atoms. The molecule has 3 atom stereocenters. The van der Waals surface area contributed by atoms with Crippen molar-refractivity contribution in [3.8, 4) is 12.1 Å². The van der Waals surface area contributed by atoms with Gasteiger partial charge in [-0.3, -0.25) is 9.78 Å². The van der Waals surface area contributed by atoms with Crippen LogP contribution in [-0.4, -0.2) is 22.9 Å². The second kappa shape index (κ2) is 6.57. The molecule has 1 aromatic carbocycles. The van der Waals surface area contributed by atoms with Gasteiger partial charge in [-0.05, 0) is 29.3 Å². The highest BCUT2D eigenvalue weighted by Gasteiger charge is 2.64. The summed E-state index contributed by atoms with van der Waals surface area (Å²) in [5, 5.41) is 20.6. The maximum absolute atomic E-state index is 13.7. The maximum atomic E-state index is 13.7. The average Bonchev–Trinajstić information content (AvgIpc) is 3.04. The summed E-state index contributed by atoms with van der Waals surface area (Å²) in [5.41, 5.74) is 0.629. The van der Waals surface area contributed by atoms with Crippen LogP contribution in [-0.2, 0) is 4.79 Å². The number of nitrogens with zero attached hydrogens (tertiary/aromatic N) is 4. The molecule has 0 N–H and O–H groups in total. The van der Waals surface area contributed by atoms with E-state index in [1.165, 1.54) is 0 Å². The van der Waals surface area contributed by atoms with Crippen LogP contribution < -0.4 is 4.90 Å². The fourth-order valence-electron chi connectivity index (χ4n) is 4.62. The summed E-state index contributed by atoms with van der Waals surface area (Å²) in [6, 6.07) is 14.9. The Morgan fingerprint density at radius 3 is 2.38 bits per heavy atom. The molecule has 5 heteroatoms. The number of pyridine rings is 1. The molecule has 5 nitrogen and oxygen atoms in total. The Bertz CT molecular complexity index is 1050. The van der Waals surface area contributed by atoms with Crippen molar-refractivity contribution in [2.24, 2.45) is 10.8 Å². The predicted molar refractivity (Wildman–Crippen MR) is 111 cm³/mol. The highest BCUT2D eigenvalue weighted by atomic mass is 16.1. The summed E-state index contributed by atoms with van der Waals surface area (Å²) in [4.78, 5) is 19.8. The topological polar surface area (TPSA) is 80.8 Å². The zero-order valence-corrected chi connectivity index (χ0v) is 16.7. The number of benzene rings is 1. The molecule has 2 aliphatic rings. The number of carbonyl (C=O) groups is 1. The van der Waals surface area contributed by atoms with E-state index in [1.807, 2.05) is 74.2 Å². The van der Waals surface area contributed by atoms with E-state index in [4.69, 9.17) is 0 Å². The van der Waals surface area contributed by atoms with E-state index in [2.05, 4.69) is 17.1 Å². The molecular weight excluding hydrogens is 360 g/mol. The van der Waals surface area contributed by atoms with Crippen molar-refractivity contribution in [3.63, 3.8) is 0 Å². The highest BCUT2D eigenvalue weighted by molar-refractivity contribution is 5.96. The SMILES string of the molecule is CC(C)(C)C(=O)[C@@H]1[C@@H](c2ccncc2)C(C#N)(C#N)[C@@H]2C=Cc3ccccc3N12. The van der Waals surface area contributed by atoms with Gasteiger partial charge in [-0.1, -0.05) is 51.1 Å². The van der Waals surface area contributed by atoms with Crippen molar-refractivity contribution < 1.29 is 4.79 Å². The van der Waals surface area contributed by atoms with Crippen LogP contribution in [0, 0.1) is 33.5 Å². The molecule has 1 saturated heterocycles. The quantitative estimate of drug-likeness (QED) is 0.781. The number of Topliss-reactive ketones (excluding diaryl/α,β-unsaturated/α-hetero) is 1. The standard InChI is InChI=1S/C24H22N4O/c1-23(2,3)22(29)21-20(17-10-12-27-13-11-17)24(14-25,15-26)19-9-8-16-6-4-5-7-18(16)28(19)21/h4-13,19-21H,1-3H3/t19-,20+,21-/m0/s1. The van der Waals surface area contributed by atoms with Crippen molar-refractivity contribution >= 4 is 17.5 Å². The number of hydrogen-bond donors (Lipinski definition) is 0. The number of fused-ring (bicyclic) bond motifs is 3. The van der Waals surface area contributed by atoms with Crippen LogP contribution in [0.1, 0.15) is 37.8 Å². The lowest BCUT2D eigenvalue weighted by Gasteiger charge is -2.37. The van der Waals surface area contributed by atoms with Crippen molar-refractivity contribution in [1.82, 2.24) is 4.98 Å². The lowest BCUT2D eigenvalue weighted by Crippen LogP contribution is -2.47. The molecule has 3 heterocycles. The van der Waals surface area contributed by atoms with Gasteiger partial charge in [0.2, 0.25) is 0 Å². The summed E-state index contributed by atoms with van der Waals surface area (Å²) in [7, 11) is 0. The van der Waals surface area contributed by atoms with E-state index in [0.717, 1.165) is 16.8 Å². The molecule has 144 valence electrons. The van der Waals surface area contributed by atoms with Crippen LogP contribution in [0.15, 0.2) is 54.9 Å². The predicted octanol–water partition coefficient (Wildman–Crippen LogP) is 4.10. The monoisotopic (exact) mass is 382 g/mol. The van der Waals surface area contributed by atoms with Crippen molar-refractivity contribution in [1.29, 1.82) is 10.5 Å². The first kappa shape index (κ1) is 18.9. The minimum Gasteiger partial charge on any atom is -0.351 e. The van der Waals surface area contributed by atoms with Gasteiger partial charge in [0.25, 0.3) is 0 Å². The van der Waals surface area contributed by atoms with Gasteiger partial charge in [-0.25, -0.2) is 0 Å². The minimum atomic E-state index is -1.39. The molecule has 1 fully saturated rings. The van der Waals surface area contributed by atoms with Crippen LogP contribution >= 0.6 is 0 Å². The third kappa shape index (κ3) is 2.66. The highest BCUT2D eigenvalue weighted by Crippen LogP contribution is 2.55. The van der Waals surface area contributed by atoms with E-state index in [1.54, 1.807) is 12.4 Å². The summed E-state index contributed by atoms with van der Waals surface area (Å²) in [5.74, 6) is -0.574. The molecular formula is C24H22N4O. The van der Waals surface area contributed by atoms with E-state index in [-0.39, 0.29) is 5.78 Å². The number of ketones is 1. The van der Waals surface area contributed by atoms with E-state index in [9.17, 15) is 15.3 Å². The Labute approximate surface area is 170 Å². The molecule has 0 bridgehead atoms. The molecule has 0 aliphatic carbocycles. The van der Waals surface area contributed by atoms with Crippen LogP contribution in [0.25, 0.3) is 6.08 Å². The Balaban J connectivity index is 2.03. The fourth-order valence-corrected chi connectivity index (χ4v) is 4.62. The van der Waals surface area contributed by atoms with E-state index >= 15 is 0 Å². The van der Waals surface area contributed by atoms with Gasteiger partial charge in [0.05, 0.1) is 24.2 Å². The third-order valence-electron chi connectivity index (χ3n) is 5.99. The van der Waals surface area contributed by atoms with Gasteiger partial charge in [0, 0.05) is 29.4 Å². The maximum Gasteiger partial charge on any atom is 0.176 e. The number of carbonyl (C=O) groups excluding carboxylic acids is 1.